The van der Waals surface area contributed by atoms with Gasteiger partial charge in [-0.3, -0.25) is 14.5 Å². The third kappa shape index (κ3) is 8.68. The molecule has 2 fully saturated rings. The second-order valence-electron chi connectivity index (χ2n) is 10.3. The summed E-state index contributed by atoms with van der Waals surface area (Å²) in [6.07, 6.45) is 6.29. The van der Waals surface area contributed by atoms with E-state index in [2.05, 4.69) is 4.90 Å². The number of halogens is 1. The van der Waals surface area contributed by atoms with E-state index in [1.54, 1.807) is 21.9 Å². The molecule has 1 saturated carbocycles. The average molecular weight is 514 g/mol. The molecule has 1 aliphatic carbocycles. The zero-order valence-electron chi connectivity index (χ0n) is 22.0. The number of morpholine rings is 1. The lowest BCUT2D eigenvalue weighted by Crippen LogP contribution is -2.47. The minimum absolute atomic E-state index is 0.0225. The number of carbonyl (C=O) groups is 2. The van der Waals surface area contributed by atoms with Crippen LogP contribution in [-0.4, -0.2) is 72.5 Å². The molecule has 0 bridgehead atoms. The Hall–Kier alpha value is -2.71. The Labute approximate surface area is 219 Å². The first-order valence-electron chi connectivity index (χ1n) is 13.6. The van der Waals surface area contributed by atoms with Crippen LogP contribution in [-0.2, 0) is 27.4 Å². The molecule has 2 heterocycles. The van der Waals surface area contributed by atoms with Crippen LogP contribution in [0.3, 0.4) is 0 Å². The van der Waals surface area contributed by atoms with E-state index >= 15 is 0 Å². The molecule has 4 rings (SSSR count). The van der Waals surface area contributed by atoms with Crippen LogP contribution in [0.5, 0.6) is 0 Å². The first-order chi connectivity index (χ1) is 18.0. The topological polar surface area (TPSA) is 66.2 Å². The third-order valence-corrected chi connectivity index (χ3v) is 7.49. The van der Waals surface area contributed by atoms with Crippen molar-refractivity contribution in [3.63, 3.8) is 0 Å². The van der Waals surface area contributed by atoms with Gasteiger partial charge in [0.05, 0.1) is 26.3 Å². The molecule has 1 aromatic carbocycles. The maximum Gasteiger partial charge on any atom is 0.242 e. The summed E-state index contributed by atoms with van der Waals surface area (Å²) in [4.78, 5) is 32.7. The van der Waals surface area contributed by atoms with Crippen molar-refractivity contribution in [1.82, 2.24) is 14.7 Å². The highest BCUT2D eigenvalue weighted by atomic mass is 19.1. The Balaban J connectivity index is 1.44. The number of furan rings is 1. The molecule has 1 aromatic heterocycles. The van der Waals surface area contributed by atoms with Gasteiger partial charge in [-0.2, -0.15) is 0 Å². The van der Waals surface area contributed by atoms with E-state index in [0.29, 0.717) is 44.4 Å². The highest BCUT2D eigenvalue weighted by Gasteiger charge is 2.25. The summed E-state index contributed by atoms with van der Waals surface area (Å²) in [6.45, 7) is 6.80. The number of nitrogens with zero attached hydrogens (tertiary/aromatic N) is 3. The predicted molar refractivity (Wildman–Crippen MR) is 139 cm³/mol. The van der Waals surface area contributed by atoms with E-state index in [1.165, 1.54) is 37.8 Å². The van der Waals surface area contributed by atoms with Gasteiger partial charge in [-0.1, -0.05) is 37.8 Å². The summed E-state index contributed by atoms with van der Waals surface area (Å²) in [7, 11) is 0. The molecule has 0 radical (unpaired) electrons. The predicted octanol–water partition coefficient (Wildman–Crippen LogP) is 4.39. The zero-order valence-corrected chi connectivity index (χ0v) is 22.0. The van der Waals surface area contributed by atoms with Gasteiger partial charge in [-0.25, -0.2) is 4.39 Å². The van der Waals surface area contributed by atoms with E-state index in [0.717, 1.165) is 37.4 Å². The SMILES string of the molecule is Cc1ccc(CN(Cc2ccc(F)cc2)C(=O)CN(CCN2CCOCC2)C(=O)CCC2CCCC2)o1. The van der Waals surface area contributed by atoms with Gasteiger partial charge in [-0.15, -0.1) is 0 Å². The molecular formula is C29H40FN3O4. The highest BCUT2D eigenvalue weighted by molar-refractivity contribution is 5.84. The highest BCUT2D eigenvalue weighted by Crippen LogP contribution is 2.28. The monoisotopic (exact) mass is 513 g/mol. The molecule has 2 amide bonds. The first-order valence-corrected chi connectivity index (χ1v) is 13.6. The van der Waals surface area contributed by atoms with Crippen LogP contribution in [0.2, 0.25) is 0 Å². The molecule has 0 N–H and O–H groups in total. The summed E-state index contributed by atoms with van der Waals surface area (Å²) in [5.41, 5.74) is 0.824. The molecule has 7 nitrogen and oxygen atoms in total. The van der Waals surface area contributed by atoms with Crippen molar-refractivity contribution in [1.29, 1.82) is 0 Å². The lowest BCUT2D eigenvalue weighted by molar-refractivity contribution is -0.141. The minimum Gasteiger partial charge on any atom is -0.464 e. The van der Waals surface area contributed by atoms with Gasteiger partial charge in [0.2, 0.25) is 11.8 Å². The third-order valence-electron chi connectivity index (χ3n) is 7.49. The molecule has 0 atom stereocenters. The summed E-state index contributed by atoms with van der Waals surface area (Å²) in [5, 5.41) is 0. The number of ether oxygens (including phenoxy) is 1. The fourth-order valence-corrected chi connectivity index (χ4v) is 5.23. The van der Waals surface area contributed by atoms with Crippen LogP contribution >= 0.6 is 0 Å². The van der Waals surface area contributed by atoms with Crippen molar-refractivity contribution in [3.05, 3.63) is 59.3 Å². The normalized spacial score (nSPS) is 16.7. The fraction of sp³-hybridized carbons (Fsp3) is 0.586. The van der Waals surface area contributed by atoms with Crippen LogP contribution in [0, 0.1) is 18.7 Å². The fourth-order valence-electron chi connectivity index (χ4n) is 5.23. The standard InChI is InChI=1S/C29H40FN3O4/c1-23-6-12-27(37-23)21-33(20-25-7-10-26(30)11-8-25)29(35)22-32(15-14-31-16-18-36-19-17-31)28(34)13-9-24-4-2-3-5-24/h6-8,10-12,24H,2-5,9,13-22H2,1H3. The van der Waals surface area contributed by atoms with E-state index in [1.807, 2.05) is 19.1 Å². The molecule has 37 heavy (non-hydrogen) atoms. The second-order valence-corrected chi connectivity index (χ2v) is 10.3. The summed E-state index contributed by atoms with van der Waals surface area (Å²) in [6, 6.07) is 9.91. The van der Waals surface area contributed by atoms with Gasteiger partial charge in [0, 0.05) is 39.1 Å². The Kier molecular flexibility index (Phi) is 10.1. The van der Waals surface area contributed by atoms with Gasteiger partial charge in [0.25, 0.3) is 0 Å². The van der Waals surface area contributed by atoms with Crippen molar-refractivity contribution in [2.75, 3.05) is 45.9 Å². The minimum atomic E-state index is -0.314. The number of rotatable bonds is 12. The van der Waals surface area contributed by atoms with Crippen molar-refractivity contribution in [2.45, 2.75) is 58.5 Å². The van der Waals surface area contributed by atoms with Crippen LogP contribution in [0.25, 0.3) is 0 Å². The number of hydrogen-bond acceptors (Lipinski definition) is 5. The molecule has 0 unspecified atom stereocenters. The van der Waals surface area contributed by atoms with E-state index in [-0.39, 0.29) is 30.7 Å². The van der Waals surface area contributed by atoms with Crippen molar-refractivity contribution in [2.24, 2.45) is 5.92 Å². The van der Waals surface area contributed by atoms with E-state index in [4.69, 9.17) is 9.15 Å². The Bertz CT molecular complexity index is 997. The van der Waals surface area contributed by atoms with Crippen LogP contribution in [0.15, 0.2) is 40.8 Å². The van der Waals surface area contributed by atoms with Crippen LogP contribution in [0.1, 0.15) is 55.6 Å². The number of amides is 2. The Morgan fingerprint density at radius 1 is 0.973 bits per heavy atom. The summed E-state index contributed by atoms with van der Waals surface area (Å²) in [5.74, 6) is 1.67. The van der Waals surface area contributed by atoms with E-state index in [9.17, 15) is 14.0 Å². The van der Waals surface area contributed by atoms with Crippen LogP contribution < -0.4 is 0 Å². The molecular weight excluding hydrogens is 473 g/mol. The largest absolute Gasteiger partial charge is 0.464 e. The molecule has 0 spiro atoms. The average Bonchev–Trinajstić information content (AvgIpc) is 3.58. The molecule has 2 aromatic rings. The lowest BCUT2D eigenvalue weighted by atomic mass is 10.0. The van der Waals surface area contributed by atoms with Gasteiger partial charge in [0.15, 0.2) is 0 Å². The number of benzene rings is 1. The molecule has 8 heteroatoms. The van der Waals surface area contributed by atoms with Gasteiger partial charge in [-0.05, 0) is 49.1 Å². The zero-order chi connectivity index (χ0) is 26.0. The van der Waals surface area contributed by atoms with Gasteiger partial charge in [0.1, 0.15) is 17.3 Å². The Morgan fingerprint density at radius 2 is 1.70 bits per heavy atom. The molecule has 1 aliphatic heterocycles. The van der Waals surface area contributed by atoms with Crippen molar-refractivity contribution >= 4 is 11.8 Å². The molecule has 202 valence electrons. The Morgan fingerprint density at radius 3 is 2.38 bits per heavy atom. The number of aryl methyl sites for hydroxylation is 1. The summed E-state index contributed by atoms with van der Waals surface area (Å²) < 4.78 is 24.7. The summed E-state index contributed by atoms with van der Waals surface area (Å²) >= 11 is 0. The first kappa shape index (κ1) is 27.3. The second kappa shape index (κ2) is 13.7. The van der Waals surface area contributed by atoms with Crippen molar-refractivity contribution < 1.29 is 23.1 Å². The van der Waals surface area contributed by atoms with Crippen molar-refractivity contribution in [3.8, 4) is 0 Å². The van der Waals surface area contributed by atoms with E-state index < -0.39 is 0 Å². The van der Waals surface area contributed by atoms with Gasteiger partial charge >= 0.3 is 0 Å². The van der Waals surface area contributed by atoms with Gasteiger partial charge < -0.3 is 19.0 Å². The van der Waals surface area contributed by atoms with Crippen LogP contribution in [0.4, 0.5) is 4.39 Å². The maximum atomic E-state index is 13.6. The quantitative estimate of drug-likeness (QED) is 0.421. The maximum absolute atomic E-state index is 13.6. The number of carbonyl (C=O) groups excluding carboxylic acids is 2. The molecule has 2 aliphatic rings. The smallest absolute Gasteiger partial charge is 0.242 e. The lowest BCUT2D eigenvalue weighted by Gasteiger charge is -2.31. The molecule has 1 saturated heterocycles. The number of hydrogen-bond donors (Lipinski definition) is 0.